The molecule has 1 amide bonds. The lowest BCUT2D eigenvalue weighted by atomic mass is 10.1. The van der Waals surface area contributed by atoms with Crippen molar-refractivity contribution in [3.63, 3.8) is 0 Å². The fraction of sp³-hybridized carbons (Fsp3) is 0.556. The molecule has 1 aromatic rings. The summed E-state index contributed by atoms with van der Waals surface area (Å²) in [5.41, 5.74) is 1.16. The van der Waals surface area contributed by atoms with Crippen molar-refractivity contribution in [1.29, 1.82) is 0 Å². The van der Waals surface area contributed by atoms with Gasteiger partial charge in [0.2, 0.25) is 0 Å². The Balaban J connectivity index is 1.88. The molecule has 138 valence electrons. The Morgan fingerprint density at radius 3 is 2.68 bits per heavy atom. The van der Waals surface area contributed by atoms with Gasteiger partial charge in [-0.2, -0.15) is 0 Å². The number of benzene rings is 1. The highest BCUT2D eigenvalue weighted by atomic mass is 79.9. The smallest absolute Gasteiger partial charge is 0.407 e. The quantitative estimate of drug-likeness (QED) is 0.476. The van der Waals surface area contributed by atoms with Gasteiger partial charge in [0.05, 0.1) is 18.7 Å². The van der Waals surface area contributed by atoms with Crippen LogP contribution in [-0.2, 0) is 4.74 Å². The third kappa shape index (κ3) is 6.23. The Morgan fingerprint density at radius 2 is 2.08 bits per heavy atom. The minimum absolute atomic E-state index is 0.0522. The summed E-state index contributed by atoms with van der Waals surface area (Å²) in [6.45, 7) is 4.89. The minimum atomic E-state index is -0.356. The van der Waals surface area contributed by atoms with Crippen LogP contribution in [0.2, 0.25) is 0 Å². The number of amides is 1. The predicted octanol–water partition coefficient (Wildman–Crippen LogP) is 3.20. The molecule has 1 aromatic carbocycles. The van der Waals surface area contributed by atoms with E-state index < -0.39 is 0 Å². The molecule has 0 radical (unpaired) electrons. The normalized spacial score (nSPS) is 16.7. The van der Waals surface area contributed by atoms with Crippen LogP contribution in [0, 0.1) is 5.92 Å². The van der Waals surface area contributed by atoms with Crippen molar-refractivity contribution in [3.05, 3.63) is 34.3 Å². The molecule has 0 aromatic heterocycles. The van der Waals surface area contributed by atoms with E-state index in [1.54, 1.807) is 14.0 Å². The summed E-state index contributed by atoms with van der Waals surface area (Å²) >= 11 is 3.58. The monoisotopic (exact) mass is 410 g/mol. The highest BCUT2D eigenvalue weighted by Crippen LogP contribution is 2.32. The molecule has 0 aliphatic heterocycles. The number of hydrogen-bond donors (Lipinski definition) is 3. The van der Waals surface area contributed by atoms with Crippen molar-refractivity contribution < 1.29 is 9.53 Å². The highest BCUT2D eigenvalue weighted by Gasteiger charge is 2.32. The van der Waals surface area contributed by atoms with Crippen molar-refractivity contribution >= 4 is 28.0 Å². The molecule has 2 unspecified atom stereocenters. The Labute approximate surface area is 157 Å². The number of rotatable bonds is 7. The molecule has 25 heavy (non-hydrogen) atoms. The molecule has 1 aliphatic carbocycles. The number of alkyl carbamates (subject to hydrolysis) is 1. The van der Waals surface area contributed by atoms with Crippen LogP contribution in [0.25, 0.3) is 0 Å². The number of aliphatic imine (C=N–C) groups is 1. The maximum atomic E-state index is 11.7. The zero-order valence-electron chi connectivity index (χ0n) is 15.0. The molecule has 3 N–H and O–H groups in total. The second-order valence-electron chi connectivity index (χ2n) is 6.15. The first kappa shape index (κ1) is 19.6. The first-order chi connectivity index (χ1) is 12.0. The van der Waals surface area contributed by atoms with Crippen LogP contribution in [0.3, 0.4) is 0 Å². The molecule has 1 fully saturated rings. The van der Waals surface area contributed by atoms with Gasteiger partial charge in [0.25, 0.3) is 0 Å². The molecule has 0 bridgehead atoms. The summed E-state index contributed by atoms with van der Waals surface area (Å²) in [6, 6.07) is 8.26. The molecule has 1 saturated carbocycles. The molecule has 0 heterocycles. The minimum Gasteiger partial charge on any atom is -0.450 e. The zero-order chi connectivity index (χ0) is 18.2. The van der Waals surface area contributed by atoms with Gasteiger partial charge in [0.1, 0.15) is 0 Å². The number of ether oxygens (including phenoxy) is 1. The summed E-state index contributed by atoms with van der Waals surface area (Å²) in [7, 11) is 1.74. The summed E-state index contributed by atoms with van der Waals surface area (Å²) in [6.07, 6.45) is 1.92. The second-order valence-corrected chi connectivity index (χ2v) is 7.00. The van der Waals surface area contributed by atoms with E-state index in [-0.39, 0.29) is 18.2 Å². The number of nitrogens with zero attached hydrogens (tertiary/aromatic N) is 1. The van der Waals surface area contributed by atoms with E-state index in [9.17, 15) is 4.79 Å². The largest absolute Gasteiger partial charge is 0.450 e. The van der Waals surface area contributed by atoms with Crippen molar-refractivity contribution in [2.75, 3.05) is 20.2 Å². The van der Waals surface area contributed by atoms with Gasteiger partial charge in [-0.25, -0.2) is 4.79 Å². The summed E-state index contributed by atoms with van der Waals surface area (Å²) < 4.78 is 6.05. The van der Waals surface area contributed by atoms with E-state index in [1.807, 2.05) is 18.2 Å². The summed E-state index contributed by atoms with van der Waals surface area (Å²) in [4.78, 5) is 16.0. The van der Waals surface area contributed by atoms with Crippen LogP contribution < -0.4 is 16.0 Å². The number of nitrogens with one attached hydrogen (secondary N) is 3. The van der Waals surface area contributed by atoms with Gasteiger partial charge in [-0.3, -0.25) is 4.99 Å². The first-order valence-corrected chi connectivity index (χ1v) is 9.49. The maximum Gasteiger partial charge on any atom is 0.407 e. The molecule has 6 nitrogen and oxygen atoms in total. The maximum absolute atomic E-state index is 11.7. The Hall–Kier alpha value is -1.76. The van der Waals surface area contributed by atoms with E-state index in [0.29, 0.717) is 25.0 Å². The van der Waals surface area contributed by atoms with Gasteiger partial charge < -0.3 is 20.7 Å². The van der Waals surface area contributed by atoms with E-state index in [2.05, 4.69) is 49.9 Å². The molecular formula is C18H27BrN4O2. The lowest BCUT2D eigenvalue weighted by Gasteiger charge is -2.23. The lowest BCUT2D eigenvalue weighted by molar-refractivity contribution is 0.146. The van der Waals surface area contributed by atoms with Gasteiger partial charge >= 0.3 is 6.09 Å². The Morgan fingerprint density at radius 1 is 1.36 bits per heavy atom. The fourth-order valence-electron chi connectivity index (χ4n) is 2.67. The first-order valence-electron chi connectivity index (χ1n) is 8.70. The number of carbonyl (C=O) groups is 1. The van der Waals surface area contributed by atoms with Crippen LogP contribution in [0.1, 0.15) is 38.3 Å². The fourth-order valence-corrected chi connectivity index (χ4v) is 3.30. The van der Waals surface area contributed by atoms with Crippen LogP contribution in [0.4, 0.5) is 4.79 Å². The molecule has 2 rings (SSSR count). The lowest BCUT2D eigenvalue weighted by Crippen LogP contribution is -2.48. The SMILES string of the molecule is CCOC(=O)NC(CNC(=NC)NC(C)c1ccccc1Br)C1CC1. The highest BCUT2D eigenvalue weighted by molar-refractivity contribution is 9.10. The van der Waals surface area contributed by atoms with E-state index >= 15 is 0 Å². The van der Waals surface area contributed by atoms with Gasteiger partial charge in [-0.1, -0.05) is 34.1 Å². The van der Waals surface area contributed by atoms with E-state index in [0.717, 1.165) is 22.9 Å². The molecule has 1 aliphatic rings. The van der Waals surface area contributed by atoms with Crippen molar-refractivity contribution in [2.24, 2.45) is 10.9 Å². The standard InChI is InChI=1S/C18H27BrN4O2/c1-4-25-18(24)23-16(13-9-10-13)11-21-17(20-3)22-12(2)14-7-5-6-8-15(14)19/h5-8,12-13,16H,4,9-11H2,1-3H3,(H,23,24)(H2,20,21,22). The molecule has 2 atom stereocenters. The van der Waals surface area contributed by atoms with Crippen LogP contribution in [0.15, 0.2) is 33.7 Å². The van der Waals surface area contributed by atoms with Crippen molar-refractivity contribution in [1.82, 2.24) is 16.0 Å². The van der Waals surface area contributed by atoms with Crippen molar-refractivity contribution in [3.8, 4) is 0 Å². The van der Waals surface area contributed by atoms with E-state index in [4.69, 9.17) is 4.74 Å². The molecule has 0 spiro atoms. The van der Waals surface area contributed by atoms with Crippen molar-refractivity contribution in [2.45, 2.75) is 38.8 Å². The average molecular weight is 411 g/mol. The molecule has 7 heteroatoms. The third-order valence-corrected chi connectivity index (χ3v) is 4.93. The Kier molecular flexibility index (Phi) is 7.55. The summed E-state index contributed by atoms with van der Waals surface area (Å²) in [5, 5.41) is 9.63. The van der Waals surface area contributed by atoms with Gasteiger partial charge in [0.15, 0.2) is 5.96 Å². The number of guanidine groups is 1. The van der Waals surface area contributed by atoms with Gasteiger partial charge in [-0.05, 0) is 44.2 Å². The van der Waals surface area contributed by atoms with Crippen LogP contribution >= 0.6 is 15.9 Å². The molecule has 0 saturated heterocycles. The number of halogens is 1. The second kappa shape index (κ2) is 9.65. The third-order valence-electron chi connectivity index (χ3n) is 4.21. The Bertz CT molecular complexity index is 604. The average Bonchev–Trinajstić information content (AvgIpc) is 3.42. The number of hydrogen-bond acceptors (Lipinski definition) is 3. The zero-order valence-corrected chi connectivity index (χ0v) is 16.6. The van der Waals surface area contributed by atoms with Gasteiger partial charge in [0, 0.05) is 18.1 Å². The summed E-state index contributed by atoms with van der Waals surface area (Å²) in [5.74, 6) is 1.22. The predicted molar refractivity (Wildman–Crippen MR) is 104 cm³/mol. The topological polar surface area (TPSA) is 74.8 Å². The van der Waals surface area contributed by atoms with E-state index in [1.165, 1.54) is 0 Å². The van der Waals surface area contributed by atoms with Gasteiger partial charge in [-0.15, -0.1) is 0 Å². The van der Waals surface area contributed by atoms with Crippen LogP contribution in [0.5, 0.6) is 0 Å². The number of carbonyl (C=O) groups excluding carboxylic acids is 1. The van der Waals surface area contributed by atoms with Crippen LogP contribution in [-0.4, -0.2) is 38.3 Å². The molecular weight excluding hydrogens is 384 g/mol.